The first kappa shape index (κ1) is 14.5. The summed E-state index contributed by atoms with van der Waals surface area (Å²) in [6.07, 6.45) is 0. The standard InChI is InChI=1S/C15H25N3O/c1-17-9-11-18(12-10-17)8-7-16-15(13-19)14-5-3-2-4-6-14/h2-6,15-16,19H,7-13H2,1H3. The molecule has 0 spiro atoms. The number of rotatable bonds is 6. The maximum Gasteiger partial charge on any atom is 0.0626 e. The molecule has 0 aromatic heterocycles. The highest BCUT2D eigenvalue weighted by molar-refractivity contribution is 5.18. The van der Waals surface area contributed by atoms with Gasteiger partial charge in [0.05, 0.1) is 12.6 Å². The van der Waals surface area contributed by atoms with Gasteiger partial charge >= 0.3 is 0 Å². The molecule has 1 fully saturated rings. The zero-order chi connectivity index (χ0) is 13.5. The lowest BCUT2D eigenvalue weighted by Gasteiger charge is -2.32. The average Bonchev–Trinajstić information content (AvgIpc) is 2.46. The molecule has 106 valence electrons. The van der Waals surface area contributed by atoms with Crippen molar-refractivity contribution >= 4 is 0 Å². The molecule has 0 aliphatic carbocycles. The van der Waals surface area contributed by atoms with Crippen LogP contribution in [0.2, 0.25) is 0 Å². The number of aliphatic hydroxyl groups is 1. The lowest BCUT2D eigenvalue weighted by Crippen LogP contribution is -2.46. The molecule has 1 aliphatic heterocycles. The Morgan fingerprint density at radius 1 is 1.16 bits per heavy atom. The number of likely N-dealkylation sites (N-methyl/N-ethyl adjacent to an activating group) is 1. The third-order valence-electron chi connectivity index (χ3n) is 3.80. The topological polar surface area (TPSA) is 38.7 Å². The van der Waals surface area contributed by atoms with Crippen LogP contribution in [0.1, 0.15) is 11.6 Å². The molecule has 1 unspecified atom stereocenters. The predicted octanol–water partition coefficient (Wildman–Crippen LogP) is 0.557. The number of hydrogen-bond acceptors (Lipinski definition) is 4. The van der Waals surface area contributed by atoms with E-state index in [1.807, 2.05) is 18.2 Å². The van der Waals surface area contributed by atoms with Gasteiger partial charge in [-0.05, 0) is 12.6 Å². The molecule has 0 bridgehead atoms. The van der Waals surface area contributed by atoms with E-state index in [-0.39, 0.29) is 12.6 Å². The van der Waals surface area contributed by atoms with Crippen LogP contribution in [0, 0.1) is 0 Å². The Kier molecular flexibility index (Phi) is 5.79. The normalized spacial score (nSPS) is 19.5. The highest BCUT2D eigenvalue weighted by Gasteiger charge is 2.14. The van der Waals surface area contributed by atoms with Gasteiger partial charge in [-0.3, -0.25) is 4.90 Å². The Labute approximate surface area is 116 Å². The zero-order valence-corrected chi connectivity index (χ0v) is 11.8. The summed E-state index contributed by atoms with van der Waals surface area (Å²) in [4.78, 5) is 4.84. The molecule has 1 aromatic carbocycles. The van der Waals surface area contributed by atoms with Gasteiger partial charge in [0.15, 0.2) is 0 Å². The molecule has 1 aliphatic rings. The average molecular weight is 263 g/mol. The van der Waals surface area contributed by atoms with Crippen LogP contribution >= 0.6 is 0 Å². The van der Waals surface area contributed by atoms with Crippen molar-refractivity contribution in [2.24, 2.45) is 0 Å². The zero-order valence-electron chi connectivity index (χ0n) is 11.8. The Hall–Kier alpha value is -0.940. The van der Waals surface area contributed by atoms with Gasteiger partial charge in [0.1, 0.15) is 0 Å². The number of hydrogen-bond donors (Lipinski definition) is 2. The predicted molar refractivity (Wildman–Crippen MR) is 78.2 cm³/mol. The first-order valence-electron chi connectivity index (χ1n) is 7.09. The van der Waals surface area contributed by atoms with Crippen LogP contribution in [-0.4, -0.2) is 67.8 Å². The van der Waals surface area contributed by atoms with Crippen molar-refractivity contribution < 1.29 is 5.11 Å². The molecule has 0 radical (unpaired) electrons. The van der Waals surface area contributed by atoms with Crippen LogP contribution in [0.4, 0.5) is 0 Å². The van der Waals surface area contributed by atoms with Crippen LogP contribution in [0.5, 0.6) is 0 Å². The van der Waals surface area contributed by atoms with Gasteiger partial charge in [0.25, 0.3) is 0 Å². The quantitative estimate of drug-likeness (QED) is 0.786. The van der Waals surface area contributed by atoms with E-state index in [0.29, 0.717) is 0 Å². The van der Waals surface area contributed by atoms with E-state index >= 15 is 0 Å². The summed E-state index contributed by atoms with van der Waals surface area (Å²) >= 11 is 0. The summed E-state index contributed by atoms with van der Waals surface area (Å²) in [6.45, 7) is 6.72. The number of benzene rings is 1. The van der Waals surface area contributed by atoms with Crippen molar-refractivity contribution in [2.45, 2.75) is 6.04 Å². The molecule has 0 saturated carbocycles. The minimum Gasteiger partial charge on any atom is -0.394 e. The Balaban J connectivity index is 1.72. The van der Waals surface area contributed by atoms with E-state index in [9.17, 15) is 5.11 Å². The van der Waals surface area contributed by atoms with Gasteiger partial charge in [-0.2, -0.15) is 0 Å². The van der Waals surface area contributed by atoms with Crippen LogP contribution in [0.15, 0.2) is 30.3 Å². The Morgan fingerprint density at radius 3 is 2.47 bits per heavy atom. The molecule has 4 heteroatoms. The van der Waals surface area contributed by atoms with Crippen molar-refractivity contribution in [2.75, 3.05) is 52.9 Å². The minimum absolute atomic E-state index is 0.0497. The fourth-order valence-electron chi connectivity index (χ4n) is 2.44. The number of piperazine rings is 1. The molecule has 1 saturated heterocycles. The van der Waals surface area contributed by atoms with Gasteiger partial charge in [-0.15, -0.1) is 0 Å². The molecule has 19 heavy (non-hydrogen) atoms. The summed E-state index contributed by atoms with van der Waals surface area (Å²) in [5, 5.41) is 12.9. The highest BCUT2D eigenvalue weighted by atomic mass is 16.3. The van der Waals surface area contributed by atoms with Crippen molar-refractivity contribution in [3.8, 4) is 0 Å². The van der Waals surface area contributed by atoms with Gasteiger partial charge in [0, 0.05) is 39.3 Å². The Bertz CT molecular complexity index is 350. The van der Waals surface area contributed by atoms with Crippen LogP contribution < -0.4 is 5.32 Å². The summed E-state index contributed by atoms with van der Waals surface area (Å²) in [6, 6.07) is 10.2. The summed E-state index contributed by atoms with van der Waals surface area (Å²) in [7, 11) is 2.17. The SMILES string of the molecule is CN1CCN(CCNC(CO)c2ccccc2)CC1. The fraction of sp³-hybridized carbons (Fsp3) is 0.600. The second kappa shape index (κ2) is 7.60. The molecule has 4 nitrogen and oxygen atoms in total. The van der Waals surface area contributed by atoms with Gasteiger partial charge in [-0.1, -0.05) is 30.3 Å². The van der Waals surface area contributed by atoms with E-state index in [1.54, 1.807) is 0 Å². The summed E-state index contributed by atoms with van der Waals surface area (Å²) < 4.78 is 0. The number of nitrogens with zero attached hydrogens (tertiary/aromatic N) is 2. The second-order valence-corrected chi connectivity index (χ2v) is 5.24. The van der Waals surface area contributed by atoms with Gasteiger partial charge in [-0.25, -0.2) is 0 Å². The molecular weight excluding hydrogens is 238 g/mol. The van der Waals surface area contributed by atoms with Crippen molar-refractivity contribution in [3.05, 3.63) is 35.9 Å². The highest BCUT2D eigenvalue weighted by Crippen LogP contribution is 2.11. The van der Waals surface area contributed by atoms with Crippen molar-refractivity contribution in [1.29, 1.82) is 0 Å². The van der Waals surface area contributed by atoms with Crippen LogP contribution in [0.25, 0.3) is 0 Å². The second-order valence-electron chi connectivity index (χ2n) is 5.24. The van der Waals surface area contributed by atoms with Crippen LogP contribution in [-0.2, 0) is 0 Å². The lowest BCUT2D eigenvalue weighted by atomic mass is 10.1. The van der Waals surface area contributed by atoms with E-state index in [1.165, 1.54) is 0 Å². The maximum atomic E-state index is 9.47. The first-order valence-corrected chi connectivity index (χ1v) is 7.09. The third-order valence-corrected chi connectivity index (χ3v) is 3.80. The Morgan fingerprint density at radius 2 is 1.84 bits per heavy atom. The number of nitrogens with one attached hydrogen (secondary N) is 1. The molecule has 0 amide bonds. The van der Waals surface area contributed by atoms with Crippen LogP contribution in [0.3, 0.4) is 0 Å². The minimum atomic E-state index is 0.0497. The molecule has 1 aromatic rings. The van der Waals surface area contributed by atoms with Gasteiger partial charge < -0.3 is 15.3 Å². The largest absolute Gasteiger partial charge is 0.394 e. The van der Waals surface area contributed by atoms with E-state index in [2.05, 4.69) is 34.3 Å². The smallest absolute Gasteiger partial charge is 0.0626 e. The molecular formula is C15H25N3O. The van der Waals surface area contributed by atoms with E-state index in [0.717, 1.165) is 44.8 Å². The summed E-state index contributed by atoms with van der Waals surface area (Å²) in [5.74, 6) is 0. The fourth-order valence-corrected chi connectivity index (χ4v) is 2.44. The van der Waals surface area contributed by atoms with Crippen molar-refractivity contribution in [1.82, 2.24) is 15.1 Å². The van der Waals surface area contributed by atoms with E-state index < -0.39 is 0 Å². The molecule has 2 N–H and O–H groups in total. The maximum absolute atomic E-state index is 9.47. The molecule has 2 rings (SSSR count). The number of aliphatic hydroxyl groups excluding tert-OH is 1. The monoisotopic (exact) mass is 263 g/mol. The van der Waals surface area contributed by atoms with Crippen molar-refractivity contribution in [3.63, 3.8) is 0 Å². The molecule has 1 atom stereocenters. The van der Waals surface area contributed by atoms with E-state index in [4.69, 9.17) is 0 Å². The van der Waals surface area contributed by atoms with Gasteiger partial charge in [0.2, 0.25) is 0 Å². The third kappa shape index (κ3) is 4.58. The molecule has 1 heterocycles. The summed E-state index contributed by atoms with van der Waals surface area (Å²) in [5.41, 5.74) is 1.16. The first-order chi connectivity index (χ1) is 9.29. The lowest BCUT2D eigenvalue weighted by molar-refractivity contribution is 0.151.